The first-order valence-corrected chi connectivity index (χ1v) is 8.58. The number of ether oxygens (including phenoxy) is 1. The number of hydrogen-bond acceptors (Lipinski definition) is 8. The molecule has 3 aromatic heterocycles. The van der Waals surface area contributed by atoms with E-state index in [1.807, 2.05) is 30.5 Å². The lowest BCUT2D eigenvalue weighted by Crippen LogP contribution is -2.32. The van der Waals surface area contributed by atoms with E-state index in [1.54, 1.807) is 16.4 Å². The van der Waals surface area contributed by atoms with E-state index in [2.05, 4.69) is 20.2 Å². The molecule has 0 bridgehead atoms. The van der Waals surface area contributed by atoms with E-state index in [4.69, 9.17) is 14.9 Å². The molecule has 5 rings (SSSR count). The number of aromatic nitrogens is 5. The van der Waals surface area contributed by atoms with E-state index < -0.39 is 0 Å². The second kappa shape index (κ2) is 6.05. The lowest BCUT2D eigenvalue weighted by atomic mass is 10.2. The maximum Gasteiger partial charge on any atom is 0.327 e. The molecule has 2 N–H and O–H groups in total. The number of hydrogen-bond donors (Lipinski definition) is 1. The number of rotatable bonds is 2. The van der Waals surface area contributed by atoms with E-state index in [0.717, 1.165) is 16.6 Å². The highest BCUT2D eigenvalue weighted by molar-refractivity contribution is 6.11. The summed E-state index contributed by atoms with van der Waals surface area (Å²) in [5.74, 6) is 0.499. The molecule has 10 nitrogen and oxygen atoms in total. The molecule has 140 valence electrons. The normalized spacial score (nSPS) is 14.0. The van der Waals surface area contributed by atoms with Crippen molar-refractivity contribution >= 4 is 28.3 Å². The van der Waals surface area contributed by atoms with Crippen molar-refractivity contribution in [1.29, 1.82) is 0 Å². The fourth-order valence-electron chi connectivity index (χ4n) is 3.26. The fourth-order valence-corrected chi connectivity index (χ4v) is 3.26. The van der Waals surface area contributed by atoms with E-state index in [1.165, 1.54) is 6.33 Å². The van der Waals surface area contributed by atoms with Crippen molar-refractivity contribution in [2.24, 2.45) is 0 Å². The van der Waals surface area contributed by atoms with Crippen molar-refractivity contribution in [3.05, 3.63) is 48.2 Å². The van der Waals surface area contributed by atoms with E-state index in [0.29, 0.717) is 25.1 Å². The number of amides is 1. The Morgan fingerprint density at radius 2 is 2.07 bits per heavy atom. The predicted molar refractivity (Wildman–Crippen MR) is 99.5 cm³/mol. The third-order valence-electron chi connectivity index (χ3n) is 4.56. The maximum atomic E-state index is 13.1. The lowest BCUT2D eigenvalue weighted by Gasteiger charge is -2.20. The maximum absolute atomic E-state index is 13.1. The van der Waals surface area contributed by atoms with Gasteiger partial charge in [-0.3, -0.25) is 9.36 Å². The molecule has 1 aliphatic rings. The van der Waals surface area contributed by atoms with Gasteiger partial charge in [-0.2, -0.15) is 0 Å². The minimum Gasteiger partial charge on any atom is -0.475 e. The van der Waals surface area contributed by atoms with Gasteiger partial charge in [0.25, 0.3) is 5.91 Å². The number of carbonyl (C=O) groups excluding carboxylic acids is 1. The topological polar surface area (TPSA) is 125 Å². The number of anilines is 2. The third-order valence-corrected chi connectivity index (χ3v) is 4.56. The van der Waals surface area contributed by atoms with Crippen LogP contribution in [0, 0.1) is 6.92 Å². The zero-order chi connectivity index (χ0) is 19.3. The molecule has 10 heteroatoms. The highest BCUT2D eigenvalue weighted by Gasteiger charge is 2.29. The van der Waals surface area contributed by atoms with Crippen LogP contribution < -0.4 is 15.4 Å². The number of nitrogens with two attached hydrogens (primary N) is 1. The van der Waals surface area contributed by atoms with Gasteiger partial charge >= 0.3 is 6.01 Å². The quantitative estimate of drug-likeness (QED) is 0.560. The van der Waals surface area contributed by atoms with Gasteiger partial charge in [-0.1, -0.05) is 5.10 Å². The van der Waals surface area contributed by atoms with Crippen LogP contribution >= 0.6 is 0 Å². The van der Waals surface area contributed by atoms with Crippen LogP contribution in [0.25, 0.3) is 16.9 Å². The molecule has 0 saturated carbocycles. The summed E-state index contributed by atoms with van der Waals surface area (Å²) in [6, 6.07) is 7.97. The van der Waals surface area contributed by atoms with Crippen LogP contribution in [-0.4, -0.2) is 43.8 Å². The number of aryl methyl sites for hydroxylation is 1. The molecular weight excluding hydrogens is 362 g/mol. The molecule has 1 amide bonds. The second-order valence-electron chi connectivity index (χ2n) is 6.28. The first-order valence-electron chi connectivity index (χ1n) is 8.58. The van der Waals surface area contributed by atoms with Crippen LogP contribution in [0.2, 0.25) is 0 Å². The van der Waals surface area contributed by atoms with Gasteiger partial charge in [0.05, 0.1) is 12.1 Å². The van der Waals surface area contributed by atoms with Crippen molar-refractivity contribution in [2.45, 2.75) is 6.92 Å². The first-order chi connectivity index (χ1) is 13.6. The van der Waals surface area contributed by atoms with Crippen molar-refractivity contribution in [1.82, 2.24) is 24.7 Å². The minimum atomic E-state index is -0.295. The molecule has 0 saturated heterocycles. The summed E-state index contributed by atoms with van der Waals surface area (Å²) in [5, 5.41) is 8.83. The Bertz CT molecular complexity index is 1210. The Balaban J connectivity index is 1.56. The Hall–Kier alpha value is -3.95. The van der Waals surface area contributed by atoms with Gasteiger partial charge in [-0.05, 0) is 24.3 Å². The third kappa shape index (κ3) is 2.46. The zero-order valence-electron chi connectivity index (χ0n) is 14.9. The fraction of sp³-hybridized carbons (Fsp3) is 0.167. The van der Waals surface area contributed by atoms with Crippen molar-refractivity contribution in [3.8, 4) is 11.9 Å². The Kier molecular flexibility index (Phi) is 3.51. The Labute approximate surface area is 158 Å². The lowest BCUT2D eigenvalue weighted by molar-refractivity contribution is 0.0990. The van der Waals surface area contributed by atoms with E-state index in [9.17, 15) is 4.79 Å². The average molecular weight is 377 g/mol. The molecule has 0 spiro atoms. The van der Waals surface area contributed by atoms with E-state index in [-0.39, 0.29) is 23.2 Å². The second-order valence-corrected chi connectivity index (χ2v) is 6.28. The summed E-state index contributed by atoms with van der Waals surface area (Å²) < 4.78 is 12.9. The molecule has 1 aliphatic heterocycles. The number of benzene rings is 1. The minimum absolute atomic E-state index is 0.0981. The van der Waals surface area contributed by atoms with Gasteiger partial charge in [0.1, 0.15) is 24.3 Å². The predicted octanol–water partition coefficient (Wildman–Crippen LogP) is 1.73. The number of fused-ring (bicyclic) bond motifs is 2. The Morgan fingerprint density at radius 1 is 1.18 bits per heavy atom. The average Bonchev–Trinajstić information content (AvgIpc) is 3.25. The summed E-state index contributed by atoms with van der Waals surface area (Å²) in [5.41, 5.74) is 7.68. The summed E-state index contributed by atoms with van der Waals surface area (Å²) in [7, 11) is 0. The molecule has 1 aromatic carbocycles. The zero-order valence-corrected chi connectivity index (χ0v) is 14.9. The Morgan fingerprint density at radius 3 is 2.89 bits per heavy atom. The molecule has 4 aromatic rings. The standard InChI is InChI=1S/C18H15N7O3/c1-10-22-23-18(28-10)25-5-4-11-8-12(2-3-13(11)25)24-6-7-27-16-14(17(24)26)15(19)20-9-21-16/h2-5,8-9H,6-7H2,1H3,(H2,19,20,21). The molecule has 0 unspecified atom stereocenters. The molecular formula is C18H15N7O3. The summed E-state index contributed by atoms with van der Waals surface area (Å²) in [6.07, 6.45) is 3.13. The van der Waals surface area contributed by atoms with Crippen molar-refractivity contribution in [3.63, 3.8) is 0 Å². The van der Waals surface area contributed by atoms with Crippen LogP contribution in [0.3, 0.4) is 0 Å². The number of carbonyl (C=O) groups is 1. The number of nitrogen functional groups attached to an aromatic ring is 1. The molecule has 4 heterocycles. The van der Waals surface area contributed by atoms with Gasteiger partial charge in [-0.15, -0.1) is 5.10 Å². The van der Waals surface area contributed by atoms with Crippen LogP contribution in [0.15, 0.2) is 41.2 Å². The van der Waals surface area contributed by atoms with Gasteiger partial charge in [-0.25, -0.2) is 9.97 Å². The summed E-state index contributed by atoms with van der Waals surface area (Å²) >= 11 is 0. The largest absolute Gasteiger partial charge is 0.475 e. The van der Waals surface area contributed by atoms with Crippen LogP contribution in [0.4, 0.5) is 11.5 Å². The number of nitrogens with zero attached hydrogens (tertiary/aromatic N) is 6. The summed E-state index contributed by atoms with van der Waals surface area (Å²) in [4.78, 5) is 22.6. The van der Waals surface area contributed by atoms with Crippen molar-refractivity contribution < 1.29 is 13.9 Å². The van der Waals surface area contributed by atoms with E-state index >= 15 is 0 Å². The SMILES string of the molecule is Cc1nnc(-n2ccc3cc(N4CCOc5ncnc(N)c5C4=O)ccc32)o1. The van der Waals surface area contributed by atoms with Crippen LogP contribution in [0.1, 0.15) is 16.2 Å². The van der Waals surface area contributed by atoms with Crippen LogP contribution in [0.5, 0.6) is 5.88 Å². The van der Waals surface area contributed by atoms with Crippen LogP contribution in [-0.2, 0) is 0 Å². The highest BCUT2D eigenvalue weighted by Crippen LogP contribution is 2.30. The highest BCUT2D eigenvalue weighted by atomic mass is 16.5. The molecule has 0 radical (unpaired) electrons. The van der Waals surface area contributed by atoms with Crippen molar-refractivity contribution in [2.75, 3.05) is 23.8 Å². The van der Waals surface area contributed by atoms with Gasteiger partial charge in [0.2, 0.25) is 11.8 Å². The molecule has 0 atom stereocenters. The van der Waals surface area contributed by atoms with Gasteiger partial charge in [0, 0.05) is 24.2 Å². The van der Waals surface area contributed by atoms with Gasteiger partial charge in [0.15, 0.2) is 0 Å². The molecule has 0 aliphatic carbocycles. The molecule has 0 fully saturated rings. The summed E-state index contributed by atoms with van der Waals surface area (Å²) in [6.45, 7) is 2.40. The monoisotopic (exact) mass is 377 g/mol. The molecule has 28 heavy (non-hydrogen) atoms. The first kappa shape index (κ1) is 16.2. The smallest absolute Gasteiger partial charge is 0.327 e. The van der Waals surface area contributed by atoms with Gasteiger partial charge < -0.3 is 19.8 Å².